The number of amides is 1. The third-order valence-corrected chi connectivity index (χ3v) is 8.01. The summed E-state index contributed by atoms with van der Waals surface area (Å²) in [6.07, 6.45) is 0. The molecule has 0 atom stereocenters. The molecule has 0 aliphatic carbocycles. The quantitative estimate of drug-likeness (QED) is 0.457. The van der Waals surface area contributed by atoms with Crippen LogP contribution < -0.4 is 4.74 Å². The molecule has 3 aromatic carbocycles. The van der Waals surface area contributed by atoms with E-state index in [9.17, 15) is 18.5 Å². The monoisotopic (exact) mass is 529 g/mol. The van der Waals surface area contributed by atoms with E-state index < -0.39 is 10.0 Å². The standard InChI is InChI=1S/C25H21Cl2N3O4S/c1-17-4-2-3-5-22(17)25(31)29-8-10-30(11-9-29)35(32,33)24-12-18(16-28)6-7-23(24)34-21-14-19(26)13-20(27)15-21/h2-7,12-15H,8-11H2,1H3. The van der Waals surface area contributed by atoms with Gasteiger partial charge in [-0.2, -0.15) is 9.57 Å². The first-order valence-corrected chi connectivity index (χ1v) is 12.9. The van der Waals surface area contributed by atoms with Gasteiger partial charge in [0.2, 0.25) is 10.0 Å². The number of halogens is 2. The van der Waals surface area contributed by atoms with Gasteiger partial charge >= 0.3 is 0 Å². The third-order valence-electron chi connectivity index (χ3n) is 5.66. The number of aryl methyl sites for hydroxylation is 1. The van der Waals surface area contributed by atoms with Crippen LogP contribution in [0, 0.1) is 18.3 Å². The number of sulfonamides is 1. The fourth-order valence-corrected chi connectivity index (χ4v) is 5.90. The Morgan fingerprint density at radius 3 is 2.26 bits per heavy atom. The van der Waals surface area contributed by atoms with Gasteiger partial charge in [0.1, 0.15) is 16.4 Å². The Bertz CT molecular complexity index is 1410. The first-order valence-electron chi connectivity index (χ1n) is 10.7. The summed E-state index contributed by atoms with van der Waals surface area (Å²) < 4.78 is 34.3. The van der Waals surface area contributed by atoms with Crippen LogP contribution in [0.2, 0.25) is 10.0 Å². The van der Waals surface area contributed by atoms with E-state index in [-0.39, 0.29) is 54.0 Å². The van der Waals surface area contributed by atoms with Crippen LogP contribution in [-0.4, -0.2) is 49.7 Å². The summed E-state index contributed by atoms with van der Waals surface area (Å²) in [5.41, 5.74) is 1.64. The molecule has 1 heterocycles. The third kappa shape index (κ3) is 5.44. The van der Waals surface area contributed by atoms with Gasteiger partial charge in [-0.05, 0) is 55.0 Å². The number of rotatable bonds is 5. The van der Waals surface area contributed by atoms with E-state index in [1.165, 1.54) is 40.7 Å². The average molecular weight is 530 g/mol. The summed E-state index contributed by atoms with van der Waals surface area (Å²) in [6, 6.07) is 18.0. The molecule has 1 aliphatic heterocycles. The number of benzene rings is 3. The zero-order chi connectivity index (χ0) is 25.2. The van der Waals surface area contributed by atoms with Crippen molar-refractivity contribution in [2.24, 2.45) is 0 Å². The molecule has 0 spiro atoms. The molecular formula is C25H21Cl2N3O4S. The van der Waals surface area contributed by atoms with Crippen molar-refractivity contribution in [3.63, 3.8) is 0 Å². The van der Waals surface area contributed by atoms with Crippen molar-refractivity contribution in [1.82, 2.24) is 9.21 Å². The van der Waals surface area contributed by atoms with Crippen LogP contribution in [-0.2, 0) is 10.0 Å². The molecule has 0 unspecified atom stereocenters. The molecule has 7 nitrogen and oxygen atoms in total. The van der Waals surface area contributed by atoms with Crippen LogP contribution >= 0.6 is 23.2 Å². The first-order chi connectivity index (χ1) is 16.7. The lowest BCUT2D eigenvalue weighted by molar-refractivity contribution is 0.0697. The normalized spacial score (nSPS) is 14.4. The van der Waals surface area contributed by atoms with E-state index in [0.29, 0.717) is 15.6 Å². The van der Waals surface area contributed by atoms with Crippen LogP contribution in [0.5, 0.6) is 11.5 Å². The largest absolute Gasteiger partial charge is 0.456 e. The van der Waals surface area contributed by atoms with Crippen molar-refractivity contribution >= 4 is 39.1 Å². The van der Waals surface area contributed by atoms with Gasteiger partial charge in [0.05, 0.1) is 11.6 Å². The molecule has 3 aromatic rings. The number of nitrogens with zero attached hydrogens (tertiary/aromatic N) is 3. The summed E-state index contributed by atoms with van der Waals surface area (Å²) in [4.78, 5) is 14.4. The molecule has 10 heteroatoms. The Morgan fingerprint density at radius 1 is 0.971 bits per heavy atom. The summed E-state index contributed by atoms with van der Waals surface area (Å²) >= 11 is 12.1. The molecule has 0 aromatic heterocycles. The molecular weight excluding hydrogens is 509 g/mol. The highest BCUT2D eigenvalue weighted by atomic mass is 35.5. The predicted molar refractivity (Wildman–Crippen MR) is 134 cm³/mol. The van der Waals surface area contributed by atoms with E-state index in [4.69, 9.17) is 27.9 Å². The Labute approximate surface area is 214 Å². The minimum atomic E-state index is -4.03. The number of ether oxygens (including phenoxy) is 1. The van der Waals surface area contributed by atoms with Gasteiger partial charge in [0.25, 0.3) is 5.91 Å². The Balaban J connectivity index is 1.58. The lowest BCUT2D eigenvalue weighted by Crippen LogP contribution is -2.50. The van der Waals surface area contributed by atoms with E-state index in [1.807, 2.05) is 25.1 Å². The fourth-order valence-electron chi connectivity index (χ4n) is 3.83. The lowest BCUT2D eigenvalue weighted by atomic mass is 10.1. The number of carbonyl (C=O) groups excluding carboxylic acids is 1. The van der Waals surface area contributed by atoms with Gasteiger partial charge in [-0.3, -0.25) is 4.79 Å². The smallest absolute Gasteiger partial charge is 0.254 e. The predicted octanol–water partition coefficient (Wildman–Crippen LogP) is 5.11. The van der Waals surface area contributed by atoms with Gasteiger partial charge in [0.15, 0.2) is 0 Å². The summed E-state index contributed by atoms with van der Waals surface area (Å²) in [5.74, 6) is 0.173. The highest BCUT2D eigenvalue weighted by Gasteiger charge is 2.33. The molecule has 1 saturated heterocycles. The molecule has 0 saturated carbocycles. The van der Waals surface area contributed by atoms with E-state index >= 15 is 0 Å². The molecule has 1 aliphatic rings. The van der Waals surface area contributed by atoms with Gasteiger partial charge in [-0.25, -0.2) is 8.42 Å². The zero-order valence-electron chi connectivity index (χ0n) is 18.7. The maximum atomic E-state index is 13.6. The van der Waals surface area contributed by atoms with Crippen LogP contribution in [0.15, 0.2) is 65.6 Å². The van der Waals surface area contributed by atoms with Gasteiger partial charge in [-0.15, -0.1) is 0 Å². The maximum absolute atomic E-state index is 13.6. The minimum absolute atomic E-state index is 0.0424. The Kier molecular flexibility index (Phi) is 7.33. The van der Waals surface area contributed by atoms with Crippen molar-refractivity contribution in [2.75, 3.05) is 26.2 Å². The molecule has 0 radical (unpaired) electrons. The second-order valence-corrected chi connectivity index (χ2v) is 10.8. The van der Waals surface area contributed by atoms with Crippen LogP contribution in [0.1, 0.15) is 21.5 Å². The molecule has 1 fully saturated rings. The van der Waals surface area contributed by atoms with Crippen molar-refractivity contribution in [1.29, 1.82) is 5.26 Å². The summed E-state index contributed by atoms with van der Waals surface area (Å²) in [5, 5.41) is 10.0. The molecule has 0 bridgehead atoms. The molecule has 35 heavy (non-hydrogen) atoms. The fraction of sp³-hybridized carbons (Fsp3) is 0.200. The van der Waals surface area contributed by atoms with Crippen LogP contribution in [0.25, 0.3) is 0 Å². The number of nitriles is 1. The average Bonchev–Trinajstić information content (AvgIpc) is 2.83. The minimum Gasteiger partial charge on any atom is -0.456 e. The number of hydrogen-bond acceptors (Lipinski definition) is 5. The number of piperazine rings is 1. The van der Waals surface area contributed by atoms with Crippen LogP contribution in [0.3, 0.4) is 0 Å². The SMILES string of the molecule is Cc1ccccc1C(=O)N1CCN(S(=O)(=O)c2cc(C#N)ccc2Oc2cc(Cl)cc(Cl)c2)CC1. The second kappa shape index (κ2) is 10.3. The second-order valence-electron chi connectivity index (χ2n) is 7.99. The molecule has 1 amide bonds. The zero-order valence-corrected chi connectivity index (χ0v) is 21.1. The topological polar surface area (TPSA) is 90.7 Å². The highest BCUT2D eigenvalue weighted by Crippen LogP contribution is 2.34. The van der Waals surface area contributed by atoms with Crippen molar-refractivity contribution in [3.05, 3.63) is 87.4 Å². The van der Waals surface area contributed by atoms with Crippen molar-refractivity contribution in [2.45, 2.75) is 11.8 Å². The molecule has 0 N–H and O–H groups in total. The highest BCUT2D eigenvalue weighted by molar-refractivity contribution is 7.89. The maximum Gasteiger partial charge on any atom is 0.254 e. The summed E-state index contributed by atoms with van der Waals surface area (Å²) in [7, 11) is -4.03. The Hall–Kier alpha value is -3.09. The van der Waals surface area contributed by atoms with E-state index in [2.05, 4.69) is 0 Å². The van der Waals surface area contributed by atoms with Crippen molar-refractivity contribution < 1.29 is 17.9 Å². The van der Waals surface area contributed by atoms with E-state index in [0.717, 1.165) is 5.56 Å². The van der Waals surface area contributed by atoms with Crippen molar-refractivity contribution in [3.8, 4) is 17.6 Å². The lowest BCUT2D eigenvalue weighted by Gasteiger charge is -2.34. The van der Waals surface area contributed by atoms with Gasteiger partial charge < -0.3 is 9.64 Å². The van der Waals surface area contributed by atoms with Gasteiger partial charge in [-0.1, -0.05) is 41.4 Å². The number of hydrogen-bond donors (Lipinski definition) is 0. The van der Waals surface area contributed by atoms with Crippen LogP contribution in [0.4, 0.5) is 0 Å². The molecule has 180 valence electrons. The number of carbonyl (C=O) groups is 1. The van der Waals surface area contributed by atoms with Gasteiger partial charge in [0, 0.05) is 41.8 Å². The van der Waals surface area contributed by atoms with E-state index in [1.54, 1.807) is 17.0 Å². The summed E-state index contributed by atoms with van der Waals surface area (Å²) in [6.45, 7) is 2.57. The molecule has 4 rings (SSSR count). The first kappa shape index (κ1) is 25.0. The Morgan fingerprint density at radius 2 is 1.63 bits per heavy atom.